The number of carbonyl (C=O) groups is 1. The number of aryl methyl sites for hydroxylation is 1. The zero-order valence-electron chi connectivity index (χ0n) is 11.4. The highest BCUT2D eigenvalue weighted by molar-refractivity contribution is 6.06. The summed E-state index contributed by atoms with van der Waals surface area (Å²) in [5.41, 5.74) is 4.52. The maximum Gasteiger partial charge on any atom is 0.256 e. The SMILES string of the molecule is Cc1ncccc1NC(=O)c1cccc2c1CCCN2. The fourth-order valence-corrected chi connectivity index (χ4v) is 2.53. The molecule has 0 atom stereocenters. The number of amides is 1. The summed E-state index contributed by atoms with van der Waals surface area (Å²) in [4.78, 5) is 16.7. The molecular weight excluding hydrogens is 250 g/mol. The van der Waals surface area contributed by atoms with Crippen molar-refractivity contribution in [2.45, 2.75) is 19.8 Å². The predicted molar refractivity (Wildman–Crippen MR) is 80.2 cm³/mol. The van der Waals surface area contributed by atoms with Crippen molar-refractivity contribution in [3.63, 3.8) is 0 Å². The Morgan fingerprint density at radius 3 is 3.05 bits per heavy atom. The van der Waals surface area contributed by atoms with E-state index in [-0.39, 0.29) is 5.91 Å². The number of carbonyl (C=O) groups excluding carboxylic acids is 1. The molecule has 3 rings (SSSR count). The van der Waals surface area contributed by atoms with Gasteiger partial charge in [0.1, 0.15) is 0 Å². The van der Waals surface area contributed by atoms with Gasteiger partial charge in [-0.2, -0.15) is 0 Å². The number of benzene rings is 1. The van der Waals surface area contributed by atoms with E-state index in [0.717, 1.165) is 47.6 Å². The molecule has 1 aromatic carbocycles. The van der Waals surface area contributed by atoms with Crippen molar-refractivity contribution in [3.05, 3.63) is 53.3 Å². The average Bonchev–Trinajstić information content (AvgIpc) is 2.49. The number of rotatable bonds is 2. The lowest BCUT2D eigenvalue weighted by atomic mass is 9.97. The van der Waals surface area contributed by atoms with Gasteiger partial charge in [0, 0.05) is 24.0 Å². The Labute approximate surface area is 118 Å². The monoisotopic (exact) mass is 267 g/mol. The lowest BCUT2D eigenvalue weighted by Gasteiger charge is -2.20. The first kappa shape index (κ1) is 12.7. The highest BCUT2D eigenvalue weighted by atomic mass is 16.1. The van der Waals surface area contributed by atoms with Crippen LogP contribution in [0.2, 0.25) is 0 Å². The van der Waals surface area contributed by atoms with Gasteiger partial charge in [0.25, 0.3) is 5.91 Å². The van der Waals surface area contributed by atoms with Crippen LogP contribution in [0.15, 0.2) is 36.5 Å². The number of pyridine rings is 1. The highest BCUT2D eigenvalue weighted by Gasteiger charge is 2.17. The van der Waals surface area contributed by atoms with E-state index >= 15 is 0 Å². The first-order valence-corrected chi connectivity index (χ1v) is 6.84. The molecule has 0 bridgehead atoms. The summed E-state index contributed by atoms with van der Waals surface area (Å²) in [6.07, 6.45) is 3.72. The van der Waals surface area contributed by atoms with Crippen LogP contribution in [-0.2, 0) is 6.42 Å². The molecule has 1 aliphatic heterocycles. The normalized spacial score (nSPS) is 13.2. The molecule has 4 heteroatoms. The minimum Gasteiger partial charge on any atom is -0.385 e. The van der Waals surface area contributed by atoms with Gasteiger partial charge in [-0.15, -0.1) is 0 Å². The number of nitrogens with zero attached hydrogens (tertiary/aromatic N) is 1. The maximum atomic E-state index is 12.5. The molecule has 102 valence electrons. The molecule has 0 fully saturated rings. The fraction of sp³-hybridized carbons (Fsp3) is 0.250. The van der Waals surface area contributed by atoms with Gasteiger partial charge in [-0.05, 0) is 49.6 Å². The van der Waals surface area contributed by atoms with Gasteiger partial charge < -0.3 is 10.6 Å². The molecule has 20 heavy (non-hydrogen) atoms. The van der Waals surface area contributed by atoms with E-state index < -0.39 is 0 Å². The molecule has 2 heterocycles. The first-order valence-electron chi connectivity index (χ1n) is 6.84. The van der Waals surface area contributed by atoms with E-state index in [1.54, 1.807) is 6.20 Å². The third-order valence-electron chi connectivity index (χ3n) is 3.59. The van der Waals surface area contributed by atoms with Gasteiger partial charge in [0.05, 0.1) is 11.4 Å². The lowest BCUT2D eigenvalue weighted by molar-refractivity contribution is 0.102. The Balaban J connectivity index is 1.90. The van der Waals surface area contributed by atoms with Gasteiger partial charge in [-0.1, -0.05) is 6.07 Å². The molecule has 0 saturated heterocycles. The number of hydrogen-bond acceptors (Lipinski definition) is 3. The van der Waals surface area contributed by atoms with Crippen LogP contribution < -0.4 is 10.6 Å². The smallest absolute Gasteiger partial charge is 0.256 e. The summed E-state index contributed by atoms with van der Waals surface area (Å²) < 4.78 is 0. The Kier molecular flexibility index (Phi) is 3.37. The third kappa shape index (κ3) is 2.37. The number of nitrogens with one attached hydrogen (secondary N) is 2. The third-order valence-corrected chi connectivity index (χ3v) is 3.59. The van der Waals surface area contributed by atoms with Crippen molar-refractivity contribution < 1.29 is 4.79 Å². The Bertz CT molecular complexity index is 652. The summed E-state index contributed by atoms with van der Waals surface area (Å²) in [6, 6.07) is 9.52. The van der Waals surface area contributed by atoms with Gasteiger partial charge >= 0.3 is 0 Å². The van der Waals surface area contributed by atoms with E-state index in [0.29, 0.717) is 0 Å². The molecule has 0 saturated carbocycles. The average molecular weight is 267 g/mol. The Morgan fingerprint density at radius 1 is 1.30 bits per heavy atom. The topological polar surface area (TPSA) is 54.0 Å². The minimum absolute atomic E-state index is 0.0679. The summed E-state index contributed by atoms with van der Waals surface area (Å²) in [5.74, 6) is -0.0679. The van der Waals surface area contributed by atoms with Crippen molar-refractivity contribution in [2.24, 2.45) is 0 Å². The van der Waals surface area contributed by atoms with Crippen LogP contribution in [0, 0.1) is 6.92 Å². The van der Waals surface area contributed by atoms with Gasteiger partial charge in [-0.3, -0.25) is 9.78 Å². The van der Waals surface area contributed by atoms with E-state index in [1.165, 1.54) is 0 Å². The van der Waals surface area contributed by atoms with Crippen LogP contribution in [0.25, 0.3) is 0 Å². The molecule has 2 aromatic rings. The molecule has 0 aliphatic carbocycles. The van der Waals surface area contributed by atoms with Crippen LogP contribution in [0.5, 0.6) is 0 Å². The molecule has 1 aromatic heterocycles. The van der Waals surface area contributed by atoms with Crippen molar-refractivity contribution in [2.75, 3.05) is 17.2 Å². The number of anilines is 2. The van der Waals surface area contributed by atoms with Gasteiger partial charge in [-0.25, -0.2) is 0 Å². The van der Waals surface area contributed by atoms with E-state index in [2.05, 4.69) is 15.6 Å². The van der Waals surface area contributed by atoms with Crippen LogP contribution >= 0.6 is 0 Å². The van der Waals surface area contributed by atoms with Gasteiger partial charge in [0.15, 0.2) is 0 Å². The highest BCUT2D eigenvalue weighted by Crippen LogP contribution is 2.26. The quantitative estimate of drug-likeness (QED) is 0.879. The van der Waals surface area contributed by atoms with Gasteiger partial charge in [0.2, 0.25) is 0 Å². The molecule has 0 unspecified atom stereocenters. The molecule has 0 radical (unpaired) electrons. The second kappa shape index (κ2) is 5.33. The van der Waals surface area contributed by atoms with Crippen molar-refractivity contribution in [3.8, 4) is 0 Å². The van der Waals surface area contributed by atoms with Crippen LogP contribution in [0.4, 0.5) is 11.4 Å². The fourth-order valence-electron chi connectivity index (χ4n) is 2.53. The van der Waals surface area contributed by atoms with E-state index in [1.807, 2.05) is 37.3 Å². The zero-order chi connectivity index (χ0) is 13.9. The maximum absolute atomic E-state index is 12.5. The molecular formula is C16H17N3O. The summed E-state index contributed by atoms with van der Waals surface area (Å²) in [5, 5.41) is 6.29. The second-order valence-electron chi connectivity index (χ2n) is 4.95. The minimum atomic E-state index is -0.0679. The van der Waals surface area contributed by atoms with Crippen LogP contribution in [0.3, 0.4) is 0 Å². The standard InChI is InChI=1S/C16H17N3O/c1-11-14(8-4-9-17-11)19-16(20)13-5-2-7-15-12(13)6-3-10-18-15/h2,4-5,7-9,18H,3,6,10H2,1H3,(H,19,20). The molecule has 2 N–H and O–H groups in total. The van der Waals surface area contributed by atoms with Crippen molar-refractivity contribution >= 4 is 17.3 Å². The van der Waals surface area contributed by atoms with Crippen LogP contribution in [0.1, 0.15) is 28.0 Å². The Hall–Kier alpha value is -2.36. The molecule has 0 spiro atoms. The Morgan fingerprint density at radius 2 is 2.20 bits per heavy atom. The number of fused-ring (bicyclic) bond motifs is 1. The summed E-state index contributed by atoms with van der Waals surface area (Å²) >= 11 is 0. The lowest BCUT2D eigenvalue weighted by Crippen LogP contribution is -2.19. The summed E-state index contributed by atoms with van der Waals surface area (Å²) in [6.45, 7) is 2.86. The first-order chi connectivity index (χ1) is 9.75. The van der Waals surface area contributed by atoms with E-state index in [9.17, 15) is 4.79 Å². The second-order valence-corrected chi connectivity index (χ2v) is 4.95. The van der Waals surface area contributed by atoms with E-state index in [4.69, 9.17) is 0 Å². The molecule has 4 nitrogen and oxygen atoms in total. The van der Waals surface area contributed by atoms with Crippen molar-refractivity contribution in [1.82, 2.24) is 4.98 Å². The van der Waals surface area contributed by atoms with Crippen LogP contribution in [-0.4, -0.2) is 17.4 Å². The zero-order valence-corrected chi connectivity index (χ0v) is 11.4. The predicted octanol–water partition coefficient (Wildman–Crippen LogP) is 3.00. The number of hydrogen-bond donors (Lipinski definition) is 2. The molecule has 1 amide bonds. The largest absolute Gasteiger partial charge is 0.385 e. The molecule has 1 aliphatic rings. The summed E-state index contributed by atoms with van der Waals surface area (Å²) in [7, 11) is 0. The number of aromatic nitrogens is 1. The van der Waals surface area contributed by atoms with Crippen molar-refractivity contribution in [1.29, 1.82) is 0 Å².